The van der Waals surface area contributed by atoms with Crippen LogP contribution in [0.25, 0.3) is 34.0 Å². The second-order valence-electron chi connectivity index (χ2n) is 9.32. The van der Waals surface area contributed by atoms with Gasteiger partial charge in [-0.3, -0.25) is 0 Å². The number of nitrogens with zero attached hydrogens (tertiary/aromatic N) is 2. The first-order valence-corrected chi connectivity index (χ1v) is 15.0. The second-order valence-corrected chi connectivity index (χ2v) is 11.2. The SMILES string of the molecule is C#CCCCC[n+]1ccc(/C=C/c2cc3ccc(N(CC)CC)cc3oc2=O)c2ccccc21.F[P-](F)(F)(F)(F)F. The molecule has 0 saturated heterocycles. The molecule has 0 bridgehead atoms. The predicted molar refractivity (Wildman–Crippen MR) is 155 cm³/mol. The van der Waals surface area contributed by atoms with E-state index >= 15 is 0 Å². The molecule has 0 atom stereocenters. The molecule has 0 amide bonds. The number of halogens is 6. The van der Waals surface area contributed by atoms with Crippen LogP contribution in [-0.4, -0.2) is 13.1 Å². The molecular weight excluding hydrogens is 565 g/mol. The number of rotatable bonds is 9. The monoisotopic (exact) mass is 596 g/mol. The number of terminal acetylenes is 1. The summed E-state index contributed by atoms with van der Waals surface area (Å²) in [6, 6.07) is 18.4. The van der Waals surface area contributed by atoms with Crippen molar-refractivity contribution >= 4 is 47.5 Å². The summed E-state index contributed by atoms with van der Waals surface area (Å²) in [7, 11) is -10.7. The third kappa shape index (κ3) is 10.3. The summed E-state index contributed by atoms with van der Waals surface area (Å²) in [5.74, 6) is 2.71. The van der Waals surface area contributed by atoms with E-state index in [1.807, 2.05) is 36.4 Å². The Bertz CT molecular complexity index is 1640. The number of benzene rings is 2. The molecule has 41 heavy (non-hydrogen) atoms. The summed E-state index contributed by atoms with van der Waals surface area (Å²) in [6.45, 7) is 6.97. The Labute approximate surface area is 234 Å². The summed E-state index contributed by atoms with van der Waals surface area (Å²) >= 11 is 0. The normalized spacial score (nSPS) is 13.3. The van der Waals surface area contributed by atoms with Crippen molar-refractivity contribution in [3.8, 4) is 12.3 Å². The molecule has 0 fully saturated rings. The van der Waals surface area contributed by atoms with Gasteiger partial charge >= 0.3 is 38.6 Å². The minimum atomic E-state index is -10.7. The van der Waals surface area contributed by atoms with Gasteiger partial charge in [0.05, 0.1) is 10.9 Å². The molecule has 0 unspecified atom stereocenters. The molecule has 0 aliphatic heterocycles. The Balaban J connectivity index is 0.000000587. The molecule has 11 heteroatoms. The third-order valence-corrected chi connectivity index (χ3v) is 6.25. The topological polar surface area (TPSA) is 37.3 Å². The molecule has 4 nitrogen and oxygen atoms in total. The van der Waals surface area contributed by atoms with Crippen LogP contribution in [0.1, 0.15) is 44.2 Å². The molecule has 2 aromatic heterocycles. The van der Waals surface area contributed by atoms with Gasteiger partial charge in [-0.1, -0.05) is 18.2 Å². The third-order valence-electron chi connectivity index (χ3n) is 6.25. The number of unbranched alkanes of at least 4 members (excludes halogenated alkanes) is 2. The van der Waals surface area contributed by atoms with Crippen molar-refractivity contribution in [1.82, 2.24) is 0 Å². The minimum absolute atomic E-state index is 0.329. The molecule has 0 radical (unpaired) electrons. The Morgan fingerprint density at radius 2 is 1.59 bits per heavy atom. The van der Waals surface area contributed by atoms with E-state index in [4.69, 9.17) is 10.8 Å². The van der Waals surface area contributed by atoms with E-state index in [-0.39, 0.29) is 5.63 Å². The van der Waals surface area contributed by atoms with Crippen molar-refractivity contribution in [2.24, 2.45) is 0 Å². The number of anilines is 1. The van der Waals surface area contributed by atoms with Crippen LogP contribution in [0.2, 0.25) is 0 Å². The number of aryl methyl sites for hydroxylation is 1. The fraction of sp³-hybridized carbons (Fsp3) is 0.267. The van der Waals surface area contributed by atoms with Crippen molar-refractivity contribution in [2.75, 3.05) is 18.0 Å². The zero-order chi connectivity index (χ0) is 30.3. The van der Waals surface area contributed by atoms with Crippen LogP contribution in [0.15, 0.2) is 70.0 Å². The van der Waals surface area contributed by atoms with Gasteiger partial charge in [0.1, 0.15) is 12.1 Å². The Morgan fingerprint density at radius 3 is 2.24 bits per heavy atom. The van der Waals surface area contributed by atoms with E-state index in [0.29, 0.717) is 11.1 Å². The molecule has 2 heterocycles. The maximum atomic E-state index is 12.7. The van der Waals surface area contributed by atoms with Gasteiger partial charge in [0.2, 0.25) is 5.52 Å². The number of para-hydroxylation sites is 1. The predicted octanol–water partition coefficient (Wildman–Crippen LogP) is 9.44. The quantitative estimate of drug-likeness (QED) is 0.0483. The van der Waals surface area contributed by atoms with Crippen molar-refractivity contribution in [1.29, 1.82) is 0 Å². The van der Waals surface area contributed by atoms with E-state index in [0.717, 1.165) is 60.9 Å². The average Bonchev–Trinajstić information content (AvgIpc) is 2.89. The maximum absolute atomic E-state index is 12.7. The zero-order valence-electron chi connectivity index (χ0n) is 22.7. The van der Waals surface area contributed by atoms with Gasteiger partial charge in [-0.2, -0.15) is 4.57 Å². The summed E-state index contributed by atoms with van der Waals surface area (Å²) < 4.78 is 67.1. The molecule has 0 saturated carbocycles. The van der Waals surface area contributed by atoms with Gasteiger partial charge in [0.15, 0.2) is 6.20 Å². The average molecular weight is 597 g/mol. The Kier molecular flexibility index (Phi) is 9.24. The van der Waals surface area contributed by atoms with Gasteiger partial charge in [-0.05, 0) is 56.2 Å². The van der Waals surface area contributed by atoms with Gasteiger partial charge < -0.3 is 9.32 Å². The molecular formula is C30H31F6N2O2P. The van der Waals surface area contributed by atoms with Gasteiger partial charge in [0.25, 0.3) is 0 Å². The summed E-state index contributed by atoms with van der Waals surface area (Å²) in [4.78, 5) is 14.9. The Morgan fingerprint density at radius 1 is 0.927 bits per heavy atom. The van der Waals surface area contributed by atoms with E-state index in [1.165, 1.54) is 5.52 Å². The molecule has 0 aliphatic rings. The molecule has 0 spiro atoms. The van der Waals surface area contributed by atoms with Crippen LogP contribution >= 0.6 is 7.81 Å². The van der Waals surface area contributed by atoms with Crippen LogP contribution in [0, 0.1) is 12.3 Å². The fourth-order valence-electron chi connectivity index (χ4n) is 4.36. The van der Waals surface area contributed by atoms with Gasteiger partial charge in [-0.25, -0.2) is 4.79 Å². The van der Waals surface area contributed by atoms with Crippen LogP contribution in [0.5, 0.6) is 0 Å². The molecule has 0 aliphatic carbocycles. The number of hydrogen-bond donors (Lipinski definition) is 0. The molecule has 0 N–H and O–H groups in total. The van der Waals surface area contributed by atoms with Crippen molar-refractivity contribution in [3.63, 3.8) is 0 Å². The fourth-order valence-corrected chi connectivity index (χ4v) is 4.36. The van der Waals surface area contributed by atoms with E-state index in [2.05, 4.69) is 65.8 Å². The first-order chi connectivity index (χ1) is 19.1. The van der Waals surface area contributed by atoms with E-state index in [9.17, 15) is 30.0 Å². The van der Waals surface area contributed by atoms with Crippen molar-refractivity contribution in [3.05, 3.63) is 82.3 Å². The first-order valence-electron chi connectivity index (χ1n) is 13.0. The van der Waals surface area contributed by atoms with Crippen LogP contribution < -0.4 is 15.1 Å². The van der Waals surface area contributed by atoms with Crippen LogP contribution in [0.3, 0.4) is 0 Å². The molecule has 4 aromatic rings. The van der Waals surface area contributed by atoms with Crippen LogP contribution in [0.4, 0.5) is 30.9 Å². The summed E-state index contributed by atoms with van der Waals surface area (Å²) in [6.07, 6.45) is 14.2. The summed E-state index contributed by atoms with van der Waals surface area (Å²) in [5, 5.41) is 2.06. The summed E-state index contributed by atoms with van der Waals surface area (Å²) in [5.41, 5.74) is 4.11. The van der Waals surface area contributed by atoms with Gasteiger partial charge in [0, 0.05) is 55.2 Å². The zero-order valence-corrected chi connectivity index (χ0v) is 23.6. The van der Waals surface area contributed by atoms with Crippen molar-refractivity contribution < 1.29 is 34.2 Å². The first kappa shape index (κ1) is 31.7. The molecule has 2 aromatic carbocycles. The van der Waals surface area contributed by atoms with E-state index in [1.54, 1.807) is 0 Å². The standard InChI is InChI=1S/C30H31N2O2.F6P/c1-4-7-8-11-19-32-20-18-23(27-12-9-10-13-28(27)32)14-15-25-21-24-16-17-26(31(5-2)6-3)22-29(24)34-30(25)33;1-7(2,3,4,5)6/h1,9-10,12-18,20-22H,5-8,11,19H2,2-3H3;/q+1;-1. The van der Waals surface area contributed by atoms with Crippen LogP contribution in [-0.2, 0) is 6.54 Å². The number of aromatic nitrogens is 1. The van der Waals surface area contributed by atoms with Gasteiger partial charge in [-0.15, -0.1) is 12.3 Å². The second kappa shape index (κ2) is 12.0. The Hall–Kier alpha value is -3.83. The van der Waals surface area contributed by atoms with E-state index < -0.39 is 7.81 Å². The molecule has 220 valence electrons. The molecule has 4 rings (SSSR count). The van der Waals surface area contributed by atoms with Crippen molar-refractivity contribution in [2.45, 2.75) is 39.7 Å². The number of pyridine rings is 1. The number of fused-ring (bicyclic) bond motifs is 2. The number of hydrogen-bond acceptors (Lipinski definition) is 3.